The molecule has 1 aromatic heterocycles. The van der Waals surface area contributed by atoms with Crippen LogP contribution in [0.1, 0.15) is 17.7 Å². The van der Waals surface area contributed by atoms with Crippen LogP contribution in [-0.2, 0) is 11.2 Å². The van der Waals surface area contributed by atoms with E-state index >= 15 is 0 Å². The SMILES string of the molecule is CN=C(NCCCCN1CCOCC1)NCCc1cccs1.I. The highest BCUT2D eigenvalue weighted by molar-refractivity contribution is 14.0. The monoisotopic (exact) mass is 452 g/mol. The molecule has 2 rings (SSSR count). The second-order valence-electron chi connectivity index (χ2n) is 5.42. The summed E-state index contributed by atoms with van der Waals surface area (Å²) < 4.78 is 5.36. The fourth-order valence-electron chi connectivity index (χ4n) is 2.47. The Kier molecular flexibility index (Phi) is 11.7. The van der Waals surface area contributed by atoms with Crippen LogP contribution in [-0.4, -0.2) is 63.8 Å². The second kappa shape index (κ2) is 13.0. The molecular formula is C16H29IN4OS. The Bertz CT molecular complexity index is 422. The van der Waals surface area contributed by atoms with E-state index in [1.807, 2.05) is 7.05 Å². The number of rotatable bonds is 8. The van der Waals surface area contributed by atoms with Crippen LogP contribution < -0.4 is 10.6 Å². The minimum Gasteiger partial charge on any atom is -0.379 e. The highest BCUT2D eigenvalue weighted by Gasteiger charge is 2.08. The molecule has 5 nitrogen and oxygen atoms in total. The van der Waals surface area contributed by atoms with Crippen molar-refractivity contribution in [1.82, 2.24) is 15.5 Å². The van der Waals surface area contributed by atoms with E-state index in [1.54, 1.807) is 11.3 Å². The molecule has 1 aromatic rings. The molecule has 0 amide bonds. The zero-order chi connectivity index (χ0) is 15.5. The Labute approximate surface area is 160 Å². The van der Waals surface area contributed by atoms with Gasteiger partial charge in [0, 0.05) is 38.1 Å². The third-order valence-corrected chi connectivity index (χ3v) is 4.70. The largest absolute Gasteiger partial charge is 0.379 e. The van der Waals surface area contributed by atoms with Gasteiger partial charge >= 0.3 is 0 Å². The first-order valence-electron chi connectivity index (χ1n) is 8.15. The van der Waals surface area contributed by atoms with Crippen molar-refractivity contribution in [3.63, 3.8) is 0 Å². The van der Waals surface area contributed by atoms with Crippen molar-refractivity contribution in [3.05, 3.63) is 22.4 Å². The summed E-state index contributed by atoms with van der Waals surface area (Å²) in [5.41, 5.74) is 0. The van der Waals surface area contributed by atoms with Crippen molar-refractivity contribution in [1.29, 1.82) is 0 Å². The number of hydrogen-bond acceptors (Lipinski definition) is 4. The molecule has 0 spiro atoms. The van der Waals surface area contributed by atoms with E-state index in [4.69, 9.17) is 4.74 Å². The lowest BCUT2D eigenvalue weighted by Crippen LogP contribution is -2.39. The Morgan fingerprint density at radius 1 is 1.26 bits per heavy atom. The molecule has 2 N–H and O–H groups in total. The van der Waals surface area contributed by atoms with Gasteiger partial charge < -0.3 is 15.4 Å². The number of thiophene rings is 1. The molecule has 132 valence electrons. The highest BCUT2D eigenvalue weighted by Crippen LogP contribution is 2.07. The molecule has 0 atom stereocenters. The van der Waals surface area contributed by atoms with Crippen LogP contribution in [0.3, 0.4) is 0 Å². The Morgan fingerprint density at radius 2 is 2.04 bits per heavy atom. The maximum absolute atomic E-state index is 5.36. The topological polar surface area (TPSA) is 48.9 Å². The van der Waals surface area contributed by atoms with Gasteiger partial charge in [0.1, 0.15) is 0 Å². The van der Waals surface area contributed by atoms with Gasteiger partial charge in [0.05, 0.1) is 13.2 Å². The zero-order valence-electron chi connectivity index (χ0n) is 13.9. The lowest BCUT2D eigenvalue weighted by atomic mass is 10.2. The van der Waals surface area contributed by atoms with Crippen molar-refractivity contribution >= 4 is 41.3 Å². The van der Waals surface area contributed by atoms with E-state index in [2.05, 4.69) is 38.0 Å². The van der Waals surface area contributed by atoms with E-state index in [0.29, 0.717) is 0 Å². The number of ether oxygens (including phenoxy) is 1. The van der Waals surface area contributed by atoms with Crippen molar-refractivity contribution in [2.45, 2.75) is 19.3 Å². The molecule has 7 heteroatoms. The predicted octanol–water partition coefficient (Wildman–Crippen LogP) is 2.19. The number of hydrogen-bond donors (Lipinski definition) is 2. The highest BCUT2D eigenvalue weighted by atomic mass is 127. The molecular weight excluding hydrogens is 423 g/mol. The summed E-state index contributed by atoms with van der Waals surface area (Å²) in [5, 5.41) is 8.87. The van der Waals surface area contributed by atoms with Crippen molar-refractivity contribution < 1.29 is 4.74 Å². The third-order valence-electron chi connectivity index (χ3n) is 3.76. The molecule has 0 aliphatic carbocycles. The number of nitrogens with zero attached hydrogens (tertiary/aromatic N) is 2. The summed E-state index contributed by atoms with van der Waals surface area (Å²) in [4.78, 5) is 8.16. The van der Waals surface area contributed by atoms with E-state index in [-0.39, 0.29) is 24.0 Å². The van der Waals surface area contributed by atoms with Gasteiger partial charge in [-0.05, 0) is 37.3 Å². The summed E-state index contributed by atoms with van der Waals surface area (Å²) >= 11 is 1.81. The molecule has 1 aliphatic rings. The van der Waals surface area contributed by atoms with Crippen LogP contribution in [0.4, 0.5) is 0 Å². The first-order valence-corrected chi connectivity index (χ1v) is 9.03. The fourth-order valence-corrected chi connectivity index (χ4v) is 3.18. The molecule has 0 unspecified atom stereocenters. The van der Waals surface area contributed by atoms with Crippen LogP contribution in [0.5, 0.6) is 0 Å². The first kappa shape index (κ1) is 20.7. The summed E-state index contributed by atoms with van der Waals surface area (Å²) in [5.74, 6) is 0.905. The number of halogens is 1. The van der Waals surface area contributed by atoms with E-state index in [1.165, 1.54) is 24.3 Å². The van der Waals surface area contributed by atoms with Crippen LogP contribution in [0.25, 0.3) is 0 Å². The van der Waals surface area contributed by atoms with Gasteiger partial charge in [-0.15, -0.1) is 35.3 Å². The molecule has 1 aliphatic heterocycles. The van der Waals surface area contributed by atoms with Crippen molar-refractivity contribution in [2.75, 3.05) is 53.0 Å². The Morgan fingerprint density at radius 3 is 2.74 bits per heavy atom. The number of guanidine groups is 1. The van der Waals surface area contributed by atoms with Gasteiger partial charge in [-0.3, -0.25) is 9.89 Å². The van der Waals surface area contributed by atoms with Gasteiger partial charge in [-0.1, -0.05) is 6.07 Å². The fraction of sp³-hybridized carbons (Fsp3) is 0.688. The quantitative estimate of drug-likeness (QED) is 0.275. The average Bonchev–Trinajstić information content (AvgIpc) is 3.07. The molecule has 0 bridgehead atoms. The standard InChI is InChI=1S/C16H28N4OS.HI/c1-17-16(19-8-6-15-5-4-14-22-15)18-7-2-3-9-20-10-12-21-13-11-20;/h4-5,14H,2-3,6-13H2,1H3,(H2,17,18,19);1H. The van der Waals surface area contributed by atoms with Crippen LogP contribution in [0.15, 0.2) is 22.5 Å². The maximum Gasteiger partial charge on any atom is 0.190 e. The van der Waals surface area contributed by atoms with E-state index in [0.717, 1.165) is 51.8 Å². The Hall–Kier alpha value is -0.380. The van der Waals surface area contributed by atoms with Crippen molar-refractivity contribution in [3.8, 4) is 0 Å². The van der Waals surface area contributed by atoms with Gasteiger partial charge in [0.2, 0.25) is 0 Å². The van der Waals surface area contributed by atoms with E-state index < -0.39 is 0 Å². The summed E-state index contributed by atoms with van der Waals surface area (Å²) in [6, 6.07) is 4.27. The number of unbranched alkanes of at least 4 members (excludes halogenated alkanes) is 1. The smallest absolute Gasteiger partial charge is 0.190 e. The average molecular weight is 452 g/mol. The first-order chi connectivity index (χ1) is 10.9. The maximum atomic E-state index is 5.36. The second-order valence-corrected chi connectivity index (χ2v) is 6.45. The molecule has 23 heavy (non-hydrogen) atoms. The molecule has 1 fully saturated rings. The van der Waals surface area contributed by atoms with Gasteiger partial charge in [0.25, 0.3) is 0 Å². The van der Waals surface area contributed by atoms with Crippen molar-refractivity contribution in [2.24, 2.45) is 4.99 Å². The minimum absolute atomic E-state index is 0. The summed E-state index contributed by atoms with van der Waals surface area (Å²) in [7, 11) is 1.83. The van der Waals surface area contributed by atoms with E-state index in [9.17, 15) is 0 Å². The Balaban J connectivity index is 0.00000264. The predicted molar refractivity (Wildman–Crippen MR) is 109 cm³/mol. The van der Waals surface area contributed by atoms with Gasteiger partial charge in [0.15, 0.2) is 5.96 Å². The lowest BCUT2D eigenvalue weighted by molar-refractivity contribution is 0.0372. The minimum atomic E-state index is 0. The number of nitrogens with one attached hydrogen (secondary N) is 2. The number of aliphatic imine (C=N–C) groups is 1. The third kappa shape index (κ3) is 8.88. The molecule has 0 radical (unpaired) electrons. The summed E-state index contributed by atoms with van der Waals surface area (Å²) in [6.45, 7) is 7.02. The van der Waals surface area contributed by atoms with Gasteiger partial charge in [-0.2, -0.15) is 0 Å². The molecule has 2 heterocycles. The molecule has 1 saturated heterocycles. The lowest BCUT2D eigenvalue weighted by Gasteiger charge is -2.26. The summed E-state index contributed by atoms with van der Waals surface area (Å²) in [6.07, 6.45) is 3.44. The zero-order valence-corrected chi connectivity index (χ0v) is 17.1. The van der Waals surface area contributed by atoms with Crippen LogP contribution >= 0.6 is 35.3 Å². The van der Waals surface area contributed by atoms with Gasteiger partial charge in [-0.25, -0.2) is 0 Å². The number of morpholine rings is 1. The van der Waals surface area contributed by atoms with Crippen LogP contribution in [0.2, 0.25) is 0 Å². The molecule has 0 aromatic carbocycles. The van der Waals surface area contributed by atoms with Crippen LogP contribution in [0, 0.1) is 0 Å². The molecule has 0 saturated carbocycles. The normalized spacial score (nSPS) is 16.0.